The Morgan fingerprint density at radius 1 is 1.11 bits per heavy atom. The fraction of sp³-hybridized carbons (Fsp3) is 0.464. The number of methoxy groups -OCH3 is 1. The molecular weight excluding hydrogens is 456 g/mol. The number of piperidine rings is 1. The normalized spacial score (nSPS) is 18.3. The Morgan fingerprint density at radius 3 is 2.58 bits per heavy atom. The molecule has 2 heterocycles. The molecule has 0 saturated carbocycles. The van der Waals surface area contributed by atoms with Gasteiger partial charge in [-0.2, -0.15) is 5.10 Å². The molecule has 2 N–H and O–H groups in total. The Bertz CT molecular complexity index is 1110. The lowest BCUT2D eigenvalue weighted by molar-refractivity contribution is -0.132. The third kappa shape index (κ3) is 6.17. The smallest absolute Gasteiger partial charge is 0.243 e. The van der Waals surface area contributed by atoms with Gasteiger partial charge in [0.05, 0.1) is 25.5 Å². The highest BCUT2D eigenvalue weighted by atomic mass is 16.5. The Balaban J connectivity index is 1.50. The minimum Gasteiger partial charge on any atom is -0.493 e. The zero-order valence-corrected chi connectivity index (χ0v) is 21.4. The van der Waals surface area contributed by atoms with Crippen LogP contribution in [-0.2, 0) is 16.1 Å². The van der Waals surface area contributed by atoms with Gasteiger partial charge in [-0.25, -0.2) is 5.01 Å². The third-order valence-corrected chi connectivity index (χ3v) is 6.63. The van der Waals surface area contributed by atoms with Crippen molar-refractivity contribution in [3.8, 4) is 11.5 Å². The molecule has 8 heteroatoms. The lowest BCUT2D eigenvalue weighted by Crippen LogP contribution is -2.42. The largest absolute Gasteiger partial charge is 0.493 e. The minimum atomic E-state index is -0.263. The van der Waals surface area contributed by atoms with Gasteiger partial charge in [0.25, 0.3) is 0 Å². The second-order valence-electron chi connectivity index (χ2n) is 9.71. The highest BCUT2D eigenvalue weighted by Gasteiger charge is 2.25. The van der Waals surface area contributed by atoms with Crippen molar-refractivity contribution in [2.75, 3.05) is 18.6 Å². The number of rotatable bonds is 9. The van der Waals surface area contributed by atoms with Crippen LogP contribution in [-0.4, -0.2) is 48.3 Å². The molecule has 0 radical (unpaired) electrons. The van der Waals surface area contributed by atoms with Crippen LogP contribution < -0.4 is 20.1 Å². The second kappa shape index (κ2) is 11.5. The number of amides is 2. The molecule has 2 amide bonds. The number of nitrogens with zero attached hydrogens (tertiary/aromatic N) is 3. The van der Waals surface area contributed by atoms with E-state index >= 15 is 0 Å². The molecule has 36 heavy (non-hydrogen) atoms. The van der Waals surface area contributed by atoms with Crippen molar-refractivity contribution in [1.29, 1.82) is 0 Å². The zero-order valence-electron chi connectivity index (χ0n) is 21.4. The predicted octanol–water partition coefficient (Wildman–Crippen LogP) is 4.24. The van der Waals surface area contributed by atoms with Crippen LogP contribution in [0.3, 0.4) is 0 Å². The molecule has 2 aliphatic heterocycles. The summed E-state index contributed by atoms with van der Waals surface area (Å²) in [5.74, 6) is 1.08. The van der Waals surface area contributed by atoms with Crippen LogP contribution in [0.2, 0.25) is 0 Å². The number of benzene rings is 2. The summed E-state index contributed by atoms with van der Waals surface area (Å²) in [6, 6.07) is 14.1. The Morgan fingerprint density at radius 2 is 1.89 bits per heavy atom. The zero-order chi connectivity index (χ0) is 25.7. The number of carbonyl (C=O) groups is 2. The molecule has 1 saturated heterocycles. The fourth-order valence-corrected chi connectivity index (χ4v) is 4.88. The van der Waals surface area contributed by atoms with Gasteiger partial charge in [0, 0.05) is 43.1 Å². The predicted molar refractivity (Wildman–Crippen MR) is 140 cm³/mol. The highest BCUT2D eigenvalue weighted by molar-refractivity contribution is 6.04. The average molecular weight is 493 g/mol. The average Bonchev–Trinajstić information content (AvgIpc) is 2.85. The number of ether oxygens (including phenoxy) is 2. The Labute approximate surface area is 213 Å². The van der Waals surface area contributed by atoms with E-state index in [1.165, 1.54) is 0 Å². The maximum atomic E-state index is 12.7. The molecule has 1 fully saturated rings. The van der Waals surface area contributed by atoms with Crippen molar-refractivity contribution < 1.29 is 19.1 Å². The molecule has 0 aromatic heterocycles. The molecule has 8 nitrogen and oxygen atoms in total. The topological polar surface area (TPSA) is 97.5 Å². The summed E-state index contributed by atoms with van der Waals surface area (Å²) in [6.45, 7) is 5.26. The molecule has 0 spiro atoms. The first kappa shape index (κ1) is 25.5. The number of carbonyl (C=O) groups excluding carboxylic acids is 2. The van der Waals surface area contributed by atoms with E-state index in [0.717, 1.165) is 48.3 Å². The molecule has 4 rings (SSSR count). The standard InChI is InChI=1S/C28H36N4O4/c1-19(2)36-26-16-21(9-13-25(26)35-3)24-12-14-28(34)32(30-24)18-20-7-10-22(11-8-20)31-15-5-4-6-23(31)17-27(29)33/h7-11,13,16,19,23H,4-6,12,14-15,17-18H2,1-3H3,(H2,29,33). The number of hydrogen-bond donors (Lipinski definition) is 1. The van der Waals surface area contributed by atoms with Gasteiger partial charge in [-0.1, -0.05) is 12.1 Å². The van der Waals surface area contributed by atoms with Gasteiger partial charge >= 0.3 is 0 Å². The van der Waals surface area contributed by atoms with Crippen LogP contribution in [0.15, 0.2) is 47.6 Å². The Kier molecular flexibility index (Phi) is 8.13. The van der Waals surface area contributed by atoms with Crippen LogP contribution in [0.4, 0.5) is 5.69 Å². The number of nitrogens with two attached hydrogens (primary N) is 1. The maximum absolute atomic E-state index is 12.7. The molecule has 2 aromatic rings. The van der Waals surface area contributed by atoms with Crippen molar-refractivity contribution in [3.05, 3.63) is 53.6 Å². The quantitative estimate of drug-likeness (QED) is 0.565. The summed E-state index contributed by atoms with van der Waals surface area (Å²) < 4.78 is 11.3. The van der Waals surface area contributed by atoms with Gasteiger partial charge in [0.1, 0.15) is 0 Å². The first-order valence-electron chi connectivity index (χ1n) is 12.7. The van der Waals surface area contributed by atoms with E-state index in [-0.39, 0.29) is 24.0 Å². The first-order chi connectivity index (χ1) is 17.3. The lowest BCUT2D eigenvalue weighted by atomic mass is 9.98. The minimum absolute atomic E-state index is 0.00699. The number of hydrogen-bond acceptors (Lipinski definition) is 6. The van der Waals surface area contributed by atoms with Crippen LogP contribution >= 0.6 is 0 Å². The van der Waals surface area contributed by atoms with Gasteiger partial charge in [-0.15, -0.1) is 0 Å². The van der Waals surface area contributed by atoms with Gasteiger partial charge < -0.3 is 20.1 Å². The molecule has 1 atom stereocenters. The lowest BCUT2D eigenvalue weighted by Gasteiger charge is -2.37. The molecule has 2 aromatic carbocycles. The van der Waals surface area contributed by atoms with Crippen molar-refractivity contribution in [2.24, 2.45) is 10.8 Å². The van der Waals surface area contributed by atoms with Crippen LogP contribution in [0.5, 0.6) is 11.5 Å². The van der Waals surface area contributed by atoms with E-state index < -0.39 is 0 Å². The van der Waals surface area contributed by atoms with Crippen molar-refractivity contribution in [3.63, 3.8) is 0 Å². The summed E-state index contributed by atoms with van der Waals surface area (Å²) in [6.07, 6.45) is 4.56. The van der Waals surface area contributed by atoms with Gasteiger partial charge in [-0.3, -0.25) is 9.59 Å². The third-order valence-electron chi connectivity index (χ3n) is 6.63. The maximum Gasteiger partial charge on any atom is 0.243 e. The number of hydrazone groups is 1. The van der Waals surface area contributed by atoms with E-state index in [1.54, 1.807) is 12.1 Å². The highest BCUT2D eigenvalue weighted by Crippen LogP contribution is 2.31. The molecule has 1 unspecified atom stereocenters. The van der Waals surface area contributed by atoms with E-state index in [9.17, 15) is 9.59 Å². The second-order valence-corrected chi connectivity index (χ2v) is 9.71. The monoisotopic (exact) mass is 492 g/mol. The van der Waals surface area contributed by atoms with E-state index in [0.29, 0.717) is 37.3 Å². The summed E-state index contributed by atoms with van der Waals surface area (Å²) >= 11 is 0. The Hall–Kier alpha value is -3.55. The molecule has 2 aliphatic rings. The summed E-state index contributed by atoms with van der Waals surface area (Å²) in [7, 11) is 1.62. The molecule has 192 valence electrons. The van der Waals surface area contributed by atoms with Crippen LogP contribution in [0, 0.1) is 0 Å². The van der Waals surface area contributed by atoms with Crippen LogP contribution in [0.1, 0.15) is 63.5 Å². The fourth-order valence-electron chi connectivity index (χ4n) is 4.88. The number of primary amides is 1. The van der Waals surface area contributed by atoms with Crippen LogP contribution in [0.25, 0.3) is 0 Å². The van der Waals surface area contributed by atoms with Gasteiger partial charge in [-0.05, 0) is 69.0 Å². The van der Waals surface area contributed by atoms with E-state index in [1.807, 2.05) is 44.2 Å². The van der Waals surface area contributed by atoms with E-state index in [2.05, 4.69) is 17.0 Å². The SMILES string of the molecule is COc1ccc(C2=NN(Cc3ccc(N4CCCCC4CC(N)=O)cc3)C(=O)CC2)cc1OC(C)C. The summed E-state index contributed by atoms with van der Waals surface area (Å²) in [5, 5.41) is 6.26. The summed E-state index contributed by atoms with van der Waals surface area (Å²) in [5.41, 5.74) is 9.32. The molecule has 0 bridgehead atoms. The van der Waals surface area contributed by atoms with Gasteiger partial charge in [0.15, 0.2) is 11.5 Å². The van der Waals surface area contributed by atoms with E-state index in [4.69, 9.17) is 20.3 Å². The summed E-state index contributed by atoms with van der Waals surface area (Å²) in [4.78, 5) is 26.5. The van der Waals surface area contributed by atoms with Crippen molar-refractivity contribution >= 4 is 23.2 Å². The first-order valence-corrected chi connectivity index (χ1v) is 12.7. The molecule has 0 aliphatic carbocycles. The van der Waals surface area contributed by atoms with Crippen molar-refractivity contribution in [2.45, 2.75) is 71.1 Å². The van der Waals surface area contributed by atoms with Crippen molar-refractivity contribution in [1.82, 2.24) is 5.01 Å². The van der Waals surface area contributed by atoms with Gasteiger partial charge in [0.2, 0.25) is 11.8 Å². The molecular formula is C28H36N4O4. The number of anilines is 1.